The summed E-state index contributed by atoms with van der Waals surface area (Å²) in [4.78, 5) is 5.32. The molecule has 6 heteroatoms. The molecule has 5 nitrogen and oxygen atoms in total. The number of hydrogen-bond donors (Lipinski definition) is 0. The summed E-state index contributed by atoms with van der Waals surface area (Å²) in [6.45, 7) is 47.3. The van der Waals surface area contributed by atoms with E-state index in [-0.39, 0.29) is 50.0 Å². The van der Waals surface area contributed by atoms with Crippen LogP contribution in [0.3, 0.4) is 0 Å². The number of fused-ring (bicyclic) bond motifs is 15. The highest BCUT2D eigenvalue weighted by atomic mass is 15.2. The topological polar surface area (TPSA) is 21.3 Å². The molecule has 21 rings (SSSR count). The zero-order valence-corrected chi connectivity index (χ0v) is 73.8. The summed E-state index contributed by atoms with van der Waals surface area (Å²) in [5.74, 6) is 0. The van der Waals surface area contributed by atoms with Crippen LogP contribution in [0.5, 0.6) is 0 Å². The van der Waals surface area contributed by atoms with Crippen LogP contribution in [-0.2, 0) is 43.3 Å². The van der Waals surface area contributed by atoms with Crippen molar-refractivity contribution < 1.29 is 0 Å². The number of anilines is 6. The molecule has 0 fully saturated rings. The molecule has 0 saturated carbocycles. The Labute approximate surface area is 710 Å². The largest absolute Gasteiger partial charge is 0.311 e. The highest BCUT2D eigenvalue weighted by Crippen LogP contribution is 2.55. The number of rotatable bonds is 8. The first-order valence-electron chi connectivity index (χ1n) is 43.8. The van der Waals surface area contributed by atoms with Gasteiger partial charge in [0.05, 0.1) is 38.8 Å². The lowest BCUT2D eigenvalue weighted by Gasteiger charge is -2.44. The van der Waals surface area contributed by atoms with Gasteiger partial charge >= 0.3 is 0 Å². The smallest absolute Gasteiger partial charge is 0.252 e. The lowest BCUT2D eigenvalue weighted by Crippen LogP contribution is -2.61. The second-order valence-corrected chi connectivity index (χ2v) is 42.5. The van der Waals surface area contributed by atoms with Crippen molar-refractivity contribution >= 4 is 123 Å². The predicted molar refractivity (Wildman–Crippen MR) is 516 cm³/mol. The number of para-hydroxylation sites is 1. The Bertz CT molecular complexity index is 6690. The molecule has 2 aliphatic carbocycles. The summed E-state index contributed by atoms with van der Waals surface area (Å²) in [6.07, 6.45) is 2.23. The molecule has 0 spiro atoms. The monoisotopic (exact) mass is 1560 g/mol. The Kier molecular flexibility index (Phi) is 16.3. The first-order valence-corrected chi connectivity index (χ1v) is 43.8. The minimum atomic E-state index is -0.225. The van der Waals surface area contributed by atoms with Crippen LogP contribution in [0.25, 0.3) is 116 Å². The Morgan fingerprint density at radius 1 is 0.233 bits per heavy atom. The lowest BCUT2D eigenvalue weighted by atomic mass is 9.33. The van der Waals surface area contributed by atoms with E-state index in [1.54, 1.807) is 0 Å². The van der Waals surface area contributed by atoms with Gasteiger partial charge in [0.15, 0.2) is 0 Å². The third kappa shape index (κ3) is 11.7. The highest BCUT2D eigenvalue weighted by Gasteiger charge is 2.47. The third-order valence-corrected chi connectivity index (χ3v) is 28.2. The van der Waals surface area contributed by atoms with E-state index in [9.17, 15) is 0 Å². The van der Waals surface area contributed by atoms with E-state index >= 15 is 0 Å². The first-order chi connectivity index (χ1) is 57.0. The number of benzene rings is 14. The van der Waals surface area contributed by atoms with Crippen molar-refractivity contribution in [2.45, 2.75) is 195 Å². The maximum absolute atomic E-state index is 2.66. The average Bonchev–Trinajstić information content (AvgIpc) is 0.696. The molecular weight excluding hydrogens is 1450 g/mol. The van der Waals surface area contributed by atoms with Crippen LogP contribution in [-0.4, -0.2) is 20.4 Å². The maximum atomic E-state index is 2.66. The molecule has 0 bridgehead atoms. The number of aromatic nitrogens is 3. The fraction of sp³-hybridized carbons (Fsp3) is 0.263. The van der Waals surface area contributed by atoms with Gasteiger partial charge in [-0.25, -0.2) is 0 Å². The summed E-state index contributed by atoms with van der Waals surface area (Å²) in [5, 5.41) is 7.50. The highest BCUT2D eigenvalue weighted by molar-refractivity contribution is 7.00. The zero-order valence-electron chi connectivity index (χ0n) is 73.8. The Hall–Kier alpha value is -11.9. The van der Waals surface area contributed by atoms with Gasteiger partial charge in [-0.3, -0.25) is 0 Å². The van der Waals surface area contributed by atoms with Crippen molar-refractivity contribution in [3.8, 4) is 50.4 Å². The summed E-state index contributed by atoms with van der Waals surface area (Å²) in [7, 11) is 0. The Morgan fingerprint density at radius 2 is 0.533 bits per heavy atom. The fourth-order valence-electron chi connectivity index (χ4n) is 22.4. The molecule has 3 aromatic heterocycles. The summed E-state index contributed by atoms with van der Waals surface area (Å²) < 4.78 is 7.71. The predicted octanol–water partition coefficient (Wildman–Crippen LogP) is 29.2. The van der Waals surface area contributed by atoms with Crippen LogP contribution < -0.4 is 26.2 Å². The minimum Gasteiger partial charge on any atom is -0.311 e. The van der Waals surface area contributed by atoms with E-state index in [0.29, 0.717) is 0 Å². The molecule has 0 amide bonds. The molecule has 4 aliphatic rings. The molecule has 14 aromatic carbocycles. The van der Waals surface area contributed by atoms with E-state index in [1.807, 2.05) is 0 Å². The van der Waals surface area contributed by atoms with Gasteiger partial charge in [-0.2, -0.15) is 0 Å². The molecule has 0 atom stereocenters. The minimum absolute atomic E-state index is 0.0520. The van der Waals surface area contributed by atoms with E-state index in [4.69, 9.17) is 0 Å². The van der Waals surface area contributed by atoms with Crippen LogP contribution in [0.15, 0.2) is 279 Å². The van der Waals surface area contributed by atoms with Crippen LogP contribution in [0.2, 0.25) is 0 Å². The zero-order chi connectivity index (χ0) is 83.3. The van der Waals surface area contributed by atoms with E-state index in [0.717, 1.165) is 75.1 Å². The molecule has 0 radical (unpaired) electrons. The van der Waals surface area contributed by atoms with Crippen LogP contribution in [0.4, 0.5) is 34.1 Å². The van der Waals surface area contributed by atoms with Gasteiger partial charge in [0.2, 0.25) is 0 Å². The molecule has 0 N–H and O–H groups in total. The first kappa shape index (κ1) is 75.6. The Balaban J connectivity index is 0.868. The van der Waals surface area contributed by atoms with Gasteiger partial charge in [-0.1, -0.05) is 290 Å². The quantitative estimate of drug-likeness (QED) is 0.141. The number of hydrogen-bond acceptors (Lipinski definition) is 2. The average molecular weight is 1560 g/mol. The van der Waals surface area contributed by atoms with E-state index in [1.165, 1.54) is 149 Å². The fourth-order valence-corrected chi connectivity index (χ4v) is 22.4. The van der Waals surface area contributed by atoms with Crippen molar-refractivity contribution in [3.63, 3.8) is 0 Å². The molecule has 17 aromatic rings. The van der Waals surface area contributed by atoms with Gasteiger partial charge in [-0.05, 0) is 278 Å². The molecule has 120 heavy (non-hydrogen) atoms. The molecule has 0 saturated heterocycles. The van der Waals surface area contributed by atoms with Gasteiger partial charge in [0.25, 0.3) is 6.71 Å². The van der Waals surface area contributed by atoms with E-state index in [2.05, 4.69) is 441 Å². The summed E-state index contributed by atoms with van der Waals surface area (Å²) in [5.41, 5.74) is 39.4. The van der Waals surface area contributed by atoms with Crippen molar-refractivity contribution in [1.82, 2.24) is 13.7 Å². The molecular formula is C114H110BN5. The normalized spacial score (nSPS) is 15.8. The van der Waals surface area contributed by atoms with E-state index < -0.39 is 0 Å². The maximum Gasteiger partial charge on any atom is 0.252 e. The standard InChI is InChI=1S/C114H110BN5/c1-107(2,3)75-37-52-98-86(59-75)87-60-76(108(4,5)6)38-53-99(87)118(98)81-45-49-94-102(63-81)116(79-41-30-70(31-42-79)73-34-47-90-92(57-73)113(17,18)67-111(90,13)14)104-65-83(120-96-29-25-24-28-84(96)85-56-72(36-51-97(85)120)69-26-22-21-23-27-69)66-105-106(104)115(94)95-50-46-82(119-100-54-39-77(109(7,8)9)61-88(100)89-62-78(110(10,11)12)40-55-101(89)119)64-103(95)117(105)80-43-32-71(33-44-80)74-35-48-91-93(58-74)114(19,20)68-112(91,15)16/h21-66H,67-68H2,1-20H3. The second-order valence-electron chi connectivity index (χ2n) is 42.5. The third-order valence-electron chi connectivity index (χ3n) is 28.2. The summed E-state index contributed by atoms with van der Waals surface area (Å²) >= 11 is 0. The Morgan fingerprint density at radius 3 is 0.933 bits per heavy atom. The van der Waals surface area contributed by atoms with Crippen molar-refractivity contribution in [2.24, 2.45) is 0 Å². The van der Waals surface area contributed by atoms with Gasteiger partial charge in [0.1, 0.15) is 0 Å². The molecule has 0 unspecified atom stereocenters. The van der Waals surface area contributed by atoms with Crippen molar-refractivity contribution in [3.05, 3.63) is 324 Å². The van der Waals surface area contributed by atoms with Gasteiger partial charge < -0.3 is 23.5 Å². The molecule has 594 valence electrons. The van der Waals surface area contributed by atoms with Crippen LogP contribution >= 0.6 is 0 Å². The molecule has 5 heterocycles. The number of nitrogens with zero attached hydrogens (tertiary/aromatic N) is 5. The van der Waals surface area contributed by atoms with Crippen molar-refractivity contribution in [2.75, 3.05) is 9.80 Å². The van der Waals surface area contributed by atoms with Crippen molar-refractivity contribution in [1.29, 1.82) is 0 Å². The summed E-state index contributed by atoms with van der Waals surface area (Å²) in [6, 6.07) is 110. The van der Waals surface area contributed by atoms with Gasteiger partial charge in [-0.15, -0.1) is 0 Å². The molecule has 2 aliphatic heterocycles. The van der Waals surface area contributed by atoms with Gasteiger partial charge in [0, 0.05) is 77.8 Å². The van der Waals surface area contributed by atoms with Crippen LogP contribution in [0.1, 0.15) is 196 Å². The SMILES string of the molecule is CC(C)(C)c1ccc2c(c1)c1cc(C(C)(C)C)ccc1n2-c1ccc2c(c1)N(c1ccc(-c3ccc4c(c3)C(C)(C)CC4(C)C)cc1)c1cc(-n3c4ccccc4c4cc(-c5ccccc5)ccc43)cc3c1B2c1ccc(-n2c4ccc(C(C)(C)C)cc4c4cc(C(C)(C)C)ccc42)cc1N3c1ccc(-c2ccc3c(c2)C(C)(C)CC3(C)C)cc1. The second kappa shape index (κ2) is 25.8. The van der Waals surface area contributed by atoms with Crippen LogP contribution in [0, 0.1) is 0 Å². The lowest BCUT2D eigenvalue weighted by molar-refractivity contribution is 0.402.